The molecule has 0 saturated heterocycles. The summed E-state index contributed by atoms with van der Waals surface area (Å²) in [5.74, 6) is 0.125. The van der Waals surface area contributed by atoms with Crippen molar-refractivity contribution in [2.24, 2.45) is 0 Å². The van der Waals surface area contributed by atoms with Crippen LogP contribution in [0.15, 0.2) is 41.0 Å². The molecule has 0 radical (unpaired) electrons. The number of furan rings is 1. The summed E-state index contributed by atoms with van der Waals surface area (Å²) in [5, 5.41) is 6.66. The number of carbonyl (C=O) groups is 2. The van der Waals surface area contributed by atoms with Crippen LogP contribution in [0.2, 0.25) is 0 Å². The molecule has 3 aromatic rings. The summed E-state index contributed by atoms with van der Waals surface area (Å²) in [6, 6.07) is 9.61. The van der Waals surface area contributed by atoms with E-state index in [1.165, 1.54) is 18.1 Å². The van der Waals surface area contributed by atoms with Crippen LogP contribution < -0.4 is 10.6 Å². The van der Waals surface area contributed by atoms with Gasteiger partial charge in [0.1, 0.15) is 5.58 Å². The molecular weight excluding hydrogens is 352 g/mol. The molecule has 1 aromatic heterocycles. The maximum Gasteiger partial charge on any atom is 0.228 e. The highest BCUT2D eigenvalue weighted by atomic mass is 16.3. The molecule has 0 spiro atoms. The standard InChI is InChI=1S/C23H26N2O3/c1-13(2)19-11-20-17(12-28-22(20)8-15(19)4)9-23(27)25-21-10-18(24-16(5)26)7-6-14(21)3/h6-8,10-13H,9H2,1-5H3,(H,24,26)(H,25,27). The van der Waals surface area contributed by atoms with Gasteiger partial charge in [0.05, 0.1) is 12.7 Å². The number of benzene rings is 2. The Kier molecular flexibility index (Phi) is 5.54. The minimum Gasteiger partial charge on any atom is -0.464 e. The van der Waals surface area contributed by atoms with Crippen molar-refractivity contribution >= 4 is 34.2 Å². The predicted molar refractivity (Wildman–Crippen MR) is 113 cm³/mol. The number of aryl methyl sites for hydroxylation is 2. The van der Waals surface area contributed by atoms with Gasteiger partial charge in [-0.1, -0.05) is 19.9 Å². The molecule has 5 heteroatoms. The molecule has 2 amide bonds. The summed E-state index contributed by atoms with van der Waals surface area (Å²) in [4.78, 5) is 23.9. The highest BCUT2D eigenvalue weighted by Crippen LogP contribution is 2.29. The molecule has 1 heterocycles. The Balaban J connectivity index is 1.82. The van der Waals surface area contributed by atoms with Crippen LogP contribution in [-0.2, 0) is 16.0 Å². The molecule has 0 aliphatic rings. The van der Waals surface area contributed by atoms with Gasteiger partial charge in [0.2, 0.25) is 11.8 Å². The topological polar surface area (TPSA) is 71.3 Å². The number of anilines is 2. The van der Waals surface area contributed by atoms with Gasteiger partial charge in [-0.3, -0.25) is 9.59 Å². The Morgan fingerprint density at radius 2 is 1.79 bits per heavy atom. The number of hydrogen-bond acceptors (Lipinski definition) is 3. The van der Waals surface area contributed by atoms with Gasteiger partial charge in [0.15, 0.2) is 0 Å². The van der Waals surface area contributed by atoms with E-state index >= 15 is 0 Å². The number of nitrogens with one attached hydrogen (secondary N) is 2. The second kappa shape index (κ2) is 7.89. The van der Waals surface area contributed by atoms with Crippen LogP contribution in [-0.4, -0.2) is 11.8 Å². The van der Waals surface area contributed by atoms with Crippen molar-refractivity contribution in [1.82, 2.24) is 0 Å². The average molecular weight is 378 g/mol. The van der Waals surface area contributed by atoms with Crippen molar-refractivity contribution in [3.05, 3.63) is 58.8 Å². The van der Waals surface area contributed by atoms with Gasteiger partial charge in [0, 0.05) is 29.2 Å². The van der Waals surface area contributed by atoms with Crippen molar-refractivity contribution in [2.45, 2.75) is 47.0 Å². The summed E-state index contributed by atoms with van der Waals surface area (Å²) >= 11 is 0. The fourth-order valence-corrected chi connectivity index (χ4v) is 3.41. The summed E-state index contributed by atoms with van der Waals surface area (Å²) in [6.07, 6.45) is 1.88. The quantitative estimate of drug-likeness (QED) is 0.632. The summed E-state index contributed by atoms with van der Waals surface area (Å²) in [5.41, 5.74) is 6.38. The first-order chi connectivity index (χ1) is 13.2. The van der Waals surface area contributed by atoms with E-state index in [1.807, 2.05) is 25.1 Å². The Labute approximate surface area is 165 Å². The van der Waals surface area contributed by atoms with E-state index in [1.54, 1.807) is 12.3 Å². The SMILES string of the molecule is CC(=O)Nc1ccc(C)c(NC(=O)Cc2coc3cc(C)c(C(C)C)cc23)c1. The van der Waals surface area contributed by atoms with E-state index in [0.29, 0.717) is 17.3 Å². The summed E-state index contributed by atoms with van der Waals surface area (Å²) in [7, 11) is 0. The van der Waals surface area contributed by atoms with Crippen LogP contribution in [0.3, 0.4) is 0 Å². The van der Waals surface area contributed by atoms with E-state index in [9.17, 15) is 9.59 Å². The molecule has 5 nitrogen and oxygen atoms in total. The molecule has 0 aliphatic carbocycles. The first-order valence-corrected chi connectivity index (χ1v) is 9.43. The van der Waals surface area contributed by atoms with Gasteiger partial charge >= 0.3 is 0 Å². The van der Waals surface area contributed by atoms with Crippen LogP contribution >= 0.6 is 0 Å². The second-order valence-electron chi connectivity index (χ2n) is 7.56. The zero-order chi connectivity index (χ0) is 20.4. The molecule has 0 bridgehead atoms. The zero-order valence-electron chi connectivity index (χ0n) is 17.0. The van der Waals surface area contributed by atoms with E-state index in [4.69, 9.17) is 4.42 Å². The van der Waals surface area contributed by atoms with Crippen molar-refractivity contribution in [3.8, 4) is 0 Å². The van der Waals surface area contributed by atoms with Gasteiger partial charge in [-0.2, -0.15) is 0 Å². The van der Waals surface area contributed by atoms with Crippen LogP contribution in [0.4, 0.5) is 11.4 Å². The molecule has 0 aliphatic heterocycles. The lowest BCUT2D eigenvalue weighted by atomic mass is 9.95. The van der Waals surface area contributed by atoms with Crippen LogP contribution in [0.5, 0.6) is 0 Å². The number of fused-ring (bicyclic) bond motifs is 1. The minimum atomic E-state index is -0.151. The second-order valence-corrected chi connectivity index (χ2v) is 7.56. The highest BCUT2D eigenvalue weighted by molar-refractivity contribution is 5.97. The minimum absolute atomic E-state index is 0.127. The number of amides is 2. The van der Waals surface area contributed by atoms with Crippen molar-refractivity contribution in [2.75, 3.05) is 10.6 Å². The predicted octanol–water partition coefficient (Wildman–Crippen LogP) is 5.31. The van der Waals surface area contributed by atoms with E-state index in [0.717, 1.165) is 22.1 Å². The summed E-state index contributed by atoms with van der Waals surface area (Å²) < 4.78 is 5.67. The molecule has 28 heavy (non-hydrogen) atoms. The number of rotatable bonds is 5. The Bertz CT molecular complexity index is 1050. The molecule has 0 unspecified atom stereocenters. The van der Waals surface area contributed by atoms with Crippen LogP contribution in [0.25, 0.3) is 11.0 Å². The van der Waals surface area contributed by atoms with Crippen molar-refractivity contribution in [1.29, 1.82) is 0 Å². The Hall–Kier alpha value is -3.08. The van der Waals surface area contributed by atoms with Crippen LogP contribution in [0.1, 0.15) is 48.9 Å². The maximum atomic E-state index is 12.7. The van der Waals surface area contributed by atoms with Gasteiger partial charge in [0.25, 0.3) is 0 Å². The summed E-state index contributed by atoms with van der Waals surface area (Å²) in [6.45, 7) is 9.76. The number of carbonyl (C=O) groups excluding carboxylic acids is 2. The molecule has 0 fully saturated rings. The molecule has 2 N–H and O–H groups in total. The first kappa shape index (κ1) is 19.7. The van der Waals surface area contributed by atoms with Gasteiger partial charge in [-0.25, -0.2) is 0 Å². The van der Waals surface area contributed by atoms with Crippen LogP contribution in [0, 0.1) is 13.8 Å². The maximum absolute atomic E-state index is 12.7. The van der Waals surface area contributed by atoms with Gasteiger partial charge in [-0.05, 0) is 60.7 Å². The van der Waals surface area contributed by atoms with Crippen molar-refractivity contribution < 1.29 is 14.0 Å². The van der Waals surface area contributed by atoms with E-state index in [-0.39, 0.29) is 18.2 Å². The highest BCUT2D eigenvalue weighted by Gasteiger charge is 2.15. The normalized spacial score (nSPS) is 11.1. The number of hydrogen-bond donors (Lipinski definition) is 2. The zero-order valence-corrected chi connectivity index (χ0v) is 17.0. The van der Waals surface area contributed by atoms with Gasteiger partial charge in [-0.15, -0.1) is 0 Å². The van der Waals surface area contributed by atoms with E-state index in [2.05, 4.69) is 37.5 Å². The third-order valence-electron chi connectivity index (χ3n) is 4.85. The van der Waals surface area contributed by atoms with E-state index < -0.39 is 0 Å². The lowest BCUT2D eigenvalue weighted by molar-refractivity contribution is -0.115. The average Bonchev–Trinajstić information content (AvgIpc) is 2.98. The smallest absolute Gasteiger partial charge is 0.228 e. The largest absolute Gasteiger partial charge is 0.464 e. The third kappa shape index (κ3) is 4.25. The Morgan fingerprint density at radius 1 is 1.04 bits per heavy atom. The third-order valence-corrected chi connectivity index (χ3v) is 4.85. The van der Waals surface area contributed by atoms with Gasteiger partial charge < -0.3 is 15.1 Å². The monoisotopic (exact) mass is 378 g/mol. The molecule has 2 aromatic carbocycles. The lowest BCUT2D eigenvalue weighted by Crippen LogP contribution is -2.15. The molecular formula is C23H26N2O3. The first-order valence-electron chi connectivity index (χ1n) is 9.43. The van der Waals surface area contributed by atoms with Crippen molar-refractivity contribution in [3.63, 3.8) is 0 Å². The Morgan fingerprint density at radius 3 is 2.46 bits per heavy atom. The fourth-order valence-electron chi connectivity index (χ4n) is 3.41. The lowest BCUT2D eigenvalue weighted by Gasteiger charge is -2.11. The molecule has 146 valence electrons. The molecule has 0 atom stereocenters. The molecule has 0 saturated carbocycles. The molecule has 3 rings (SSSR count). The fraction of sp³-hybridized carbons (Fsp3) is 0.304.